The van der Waals surface area contributed by atoms with Gasteiger partial charge in [0.1, 0.15) is 0 Å². The Morgan fingerprint density at radius 2 is 2.10 bits per heavy atom. The number of ether oxygens (including phenoxy) is 1. The molecule has 114 valence electrons. The minimum atomic E-state index is -0.0608. The highest BCUT2D eigenvalue weighted by Gasteiger charge is 2.18. The summed E-state index contributed by atoms with van der Waals surface area (Å²) in [5.74, 6) is 0. The Balaban J connectivity index is 1.39. The van der Waals surface area contributed by atoms with Gasteiger partial charge in [0.25, 0.3) is 0 Å². The summed E-state index contributed by atoms with van der Waals surface area (Å²) < 4.78 is 5.28. The number of rotatable bonds is 4. The lowest BCUT2D eigenvalue weighted by atomic mass is 10.1. The number of anilines is 1. The molecular formula is C16H23N3O2. The van der Waals surface area contributed by atoms with Gasteiger partial charge < -0.3 is 20.3 Å². The Hall–Kier alpha value is -1.75. The van der Waals surface area contributed by atoms with Crippen LogP contribution in [0.4, 0.5) is 10.5 Å². The number of fused-ring (bicyclic) bond motifs is 1. The van der Waals surface area contributed by atoms with Gasteiger partial charge in [-0.15, -0.1) is 0 Å². The van der Waals surface area contributed by atoms with Crippen LogP contribution in [0.1, 0.15) is 18.4 Å². The zero-order valence-corrected chi connectivity index (χ0v) is 12.3. The number of amides is 2. The Morgan fingerprint density at radius 1 is 1.29 bits per heavy atom. The molecule has 2 aliphatic rings. The fourth-order valence-corrected chi connectivity index (χ4v) is 3.02. The van der Waals surface area contributed by atoms with E-state index in [9.17, 15) is 4.79 Å². The number of para-hydroxylation sites is 1. The predicted octanol–water partition coefficient (Wildman–Crippen LogP) is 1.53. The van der Waals surface area contributed by atoms with Crippen LogP contribution in [0, 0.1) is 0 Å². The summed E-state index contributed by atoms with van der Waals surface area (Å²) in [4.78, 5) is 14.2. The van der Waals surface area contributed by atoms with Gasteiger partial charge in [0.2, 0.25) is 0 Å². The van der Waals surface area contributed by atoms with Crippen molar-refractivity contribution in [1.82, 2.24) is 10.6 Å². The van der Waals surface area contributed by atoms with Gasteiger partial charge in [-0.25, -0.2) is 4.79 Å². The fraction of sp³-hybridized carbons (Fsp3) is 0.562. The molecule has 3 rings (SSSR count). The number of nitrogens with one attached hydrogen (secondary N) is 2. The molecule has 2 aliphatic heterocycles. The van der Waals surface area contributed by atoms with E-state index in [1.54, 1.807) is 0 Å². The summed E-state index contributed by atoms with van der Waals surface area (Å²) in [5.41, 5.74) is 2.72. The summed E-state index contributed by atoms with van der Waals surface area (Å²) in [7, 11) is 0. The van der Waals surface area contributed by atoms with Crippen LogP contribution in [0.5, 0.6) is 0 Å². The molecule has 2 N–H and O–H groups in total. The van der Waals surface area contributed by atoms with Crippen molar-refractivity contribution < 1.29 is 9.53 Å². The van der Waals surface area contributed by atoms with Gasteiger partial charge in [0.15, 0.2) is 0 Å². The molecule has 0 saturated carbocycles. The van der Waals surface area contributed by atoms with Gasteiger partial charge in [-0.3, -0.25) is 0 Å². The van der Waals surface area contributed by atoms with E-state index in [-0.39, 0.29) is 12.1 Å². The van der Waals surface area contributed by atoms with E-state index < -0.39 is 0 Å². The van der Waals surface area contributed by atoms with E-state index in [1.807, 2.05) is 0 Å². The maximum absolute atomic E-state index is 11.8. The van der Waals surface area contributed by atoms with Gasteiger partial charge >= 0.3 is 6.03 Å². The Kier molecular flexibility index (Phi) is 4.60. The molecule has 0 atom stereocenters. The van der Waals surface area contributed by atoms with Gasteiger partial charge in [0, 0.05) is 44.6 Å². The van der Waals surface area contributed by atoms with Crippen LogP contribution in [0.2, 0.25) is 0 Å². The van der Waals surface area contributed by atoms with Crippen LogP contribution in [-0.2, 0) is 11.2 Å². The van der Waals surface area contributed by atoms with Crippen molar-refractivity contribution >= 4 is 11.7 Å². The quantitative estimate of drug-likeness (QED) is 0.884. The summed E-state index contributed by atoms with van der Waals surface area (Å²) in [6.45, 7) is 4.06. The normalized spacial score (nSPS) is 18.4. The molecule has 1 fully saturated rings. The highest BCUT2D eigenvalue weighted by molar-refractivity contribution is 5.74. The van der Waals surface area contributed by atoms with Crippen LogP contribution in [0.25, 0.3) is 0 Å². The number of carbonyl (C=O) groups excluding carboxylic acids is 1. The molecule has 21 heavy (non-hydrogen) atoms. The maximum atomic E-state index is 11.8. The lowest BCUT2D eigenvalue weighted by Gasteiger charge is -2.24. The second-order valence-corrected chi connectivity index (χ2v) is 5.65. The van der Waals surface area contributed by atoms with Crippen LogP contribution in [-0.4, -0.2) is 44.9 Å². The van der Waals surface area contributed by atoms with Crippen LogP contribution in [0.15, 0.2) is 24.3 Å². The highest BCUT2D eigenvalue weighted by Crippen LogP contribution is 2.26. The third-order valence-electron chi connectivity index (χ3n) is 4.21. The molecular weight excluding hydrogens is 266 g/mol. The van der Waals surface area contributed by atoms with Gasteiger partial charge in [-0.2, -0.15) is 0 Å². The lowest BCUT2D eigenvalue weighted by Crippen LogP contribution is -2.46. The fourth-order valence-electron chi connectivity index (χ4n) is 3.02. The molecule has 0 spiro atoms. The van der Waals surface area contributed by atoms with E-state index >= 15 is 0 Å². The molecule has 2 heterocycles. The standard InChI is InChI=1S/C16H23N3O2/c20-16(18-14-6-11-21-12-7-14)17-8-10-19-9-5-13-3-1-2-4-15(13)19/h1-4,14H,5-12H2,(H2,17,18,20). The number of hydrogen-bond donors (Lipinski definition) is 2. The van der Waals surface area contributed by atoms with Crippen LogP contribution in [0.3, 0.4) is 0 Å². The van der Waals surface area contributed by atoms with Gasteiger partial charge in [-0.05, 0) is 30.9 Å². The first-order valence-electron chi connectivity index (χ1n) is 7.78. The van der Waals surface area contributed by atoms with Crippen molar-refractivity contribution in [3.05, 3.63) is 29.8 Å². The number of carbonyl (C=O) groups is 1. The van der Waals surface area contributed by atoms with E-state index in [4.69, 9.17) is 4.74 Å². The monoisotopic (exact) mass is 289 g/mol. The van der Waals surface area contributed by atoms with Crippen molar-refractivity contribution in [2.24, 2.45) is 0 Å². The second-order valence-electron chi connectivity index (χ2n) is 5.65. The first-order valence-corrected chi connectivity index (χ1v) is 7.78. The number of nitrogens with zero attached hydrogens (tertiary/aromatic N) is 1. The average Bonchev–Trinajstić information content (AvgIpc) is 2.92. The van der Waals surface area contributed by atoms with Gasteiger partial charge in [0.05, 0.1) is 0 Å². The molecule has 5 nitrogen and oxygen atoms in total. The number of benzene rings is 1. The van der Waals surface area contributed by atoms with Crippen molar-refractivity contribution in [2.45, 2.75) is 25.3 Å². The SMILES string of the molecule is O=C(NCCN1CCc2ccccc21)NC1CCOCC1. The summed E-state index contributed by atoms with van der Waals surface area (Å²) >= 11 is 0. The predicted molar refractivity (Wildman–Crippen MR) is 82.7 cm³/mol. The zero-order valence-electron chi connectivity index (χ0n) is 12.3. The Labute approximate surface area is 125 Å². The molecule has 1 aromatic carbocycles. The minimum Gasteiger partial charge on any atom is -0.381 e. The van der Waals surface area contributed by atoms with Crippen molar-refractivity contribution in [1.29, 1.82) is 0 Å². The zero-order chi connectivity index (χ0) is 14.5. The average molecular weight is 289 g/mol. The molecule has 0 aromatic heterocycles. The Morgan fingerprint density at radius 3 is 2.95 bits per heavy atom. The first kappa shape index (κ1) is 14.2. The van der Waals surface area contributed by atoms with Crippen LogP contribution < -0.4 is 15.5 Å². The number of hydrogen-bond acceptors (Lipinski definition) is 3. The molecule has 2 amide bonds. The van der Waals surface area contributed by atoms with Crippen molar-refractivity contribution in [3.8, 4) is 0 Å². The molecule has 5 heteroatoms. The summed E-state index contributed by atoms with van der Waals surface area (Å²) in [6.07, 6.45) is 2.92. The highest BCUT2D eigenvalue weighted by atomic mass is 16.5. The Bertz CT molecular complexity index is 486. The molecule has 0 aliphatic carbocycles. The molecule has 0 unspecified atom stereocenters. The summed E-state index contributed by atoms with van der Waals surface area (Å²) in [6, 6.07) is 8.69. The minimum absolute atomic E-state index is 0.0608. The maximum Gasteiger partial charge on any atom is 0.315 e. The van der Waals surface area contributed by atoms with E-state index in [0.717, 1.165) is 45.6 Å². The third kappa shape index (κ3) is 3.67. The van der Waals surface area contributed by atoms with E-state index in [2.05, 4.69) is 39.8 Å². The van der Waals surface area contributed by atoms with Crippen LogP contribution >= 0.6 is 0 Å². The topological polar surface area (TPSA) is 53.6 Å². The summed E-state index contributed by atoms with van der Waals surface area (Å²) in [5, 5.41) is 5.97. The van der Waals surface area contributed by atoms with Crippen molar-refractivity contribution in [2.75, 3.05) is 37.7 Å². The molecule has 1 aromatic rings. The van der Waals surface area contributed by atoms with Gasteiger partial charge in [-0.1, -0.05) is 18.2 Å². The van der Waals surface area contributed by atoms with E-state index in [0.29, 0.717) is 6.54 Å². The van der Waals surface area contributed by atoms with E-state index in [1.165, 1.54) is 11.3 Å². The number of urea groups is 1. The van der Waals surface area contributed by atoms with Crippen molar-refractivity contribution in [3.63, 3.8) is 0 Å². The lowest BCUT2D eigenvalue weighted by molar-refractivity contribution is 0.0801. The smallest absolute Gasteiger partial charge is 0.315 e. The third-order valence-corrected chi connectivity index (χ3v) is 4.21. The molecule has 1 saturated heterocycles. The largest absolute Gasteiger partial charge is 0.381 e. The second kappa shape index (κ2) is 6.80. The first-order chi connectivity index (χ1) is 10.3. The molecule has 0 radical (unpaired) electrons. The molecule has 0 bridgehead atoms.